The molecule has 0 spiro atoms. The van der Waals surface area contributed by atoms with Crippen molar-refractivity contribution >= 4 is 17.6 Å². The van der Waals surface area contributed by atoms with Crippen LogP contribution >= 0.6 is 0 Å². The summed E-state index contributed by atoms with van der Waals surface area (Å²) in [5.74, 6) is -1.37. The lowest BCUT2D eigenvalue weighted by Crippen LogP contribution is -2.27. The number of amides is 1. The van der Waals surface area contributed by atoms with Gasteiger partial charge >= 0.3 is 18.3 Å². The number of fused-ring (bicyclic) bond motifs is 3. The predicted molar refractivity (Wildman–Crippen MR) is 126 cm³/mol. The van der Waals surface area contributed by atoms with Gasteiger partial charge in [-0.2, -0.15) is 26.3 Å². The van der Waals surface area contributed by atoms with Crippen LogP contribution < -0.4 is 5.32 Å². The van der Waals surface area contributed by atoms with Gasteiger partial charge in [-0.3, -0.25) is 9.69 Å². The molecule has 2 aliphatic heterocycles. The van der Waals surface area contributed by atoms with Crippen LogP contribution in [0.1, 0.15) is 39.9 Å². The largest absolute Gasteiger partial charge is 0.490 e. The Kier molecular flexibility index (Phi) is 7.95. The number of hydrogen-bond acceptors (Lipinski definition) is 5. The van der Waals surface area contributed by atoms with Crippen LogP contribution in [0, 0.1) is 5.92 Å². The first-order valence-electron chi connectivity index (χ1n) is 11.8. The lowest BCUT2D eigenvalue weighted by molar-refractivity contribution is -0.192. The minimum atomic E-state index is -5.08. The Labute approximate surface area is 218 Å². The number of carboxylic acid groups (broad SMARTS) is 1. The molecule has 8 nitrogen and oxygen atoms in total. The SMILES string of the molecule is O=C(Nc1ccccc1)c1nnc2n1CCC1CN(Cc3ccc(C(F)(F)F)cc3)CC21.O=C(O)C(F)(F)F. The third kappa shape index (κ3) is 6.74. The van der Waals surface area contributed by atoms with Gasteiger partial charge in [-0.1, -0.05) is 30.3 Å². The summed E-state index contributed by atoms with van der Waals surface area (Å²) in [6.07, 6.45) is -8.50. The number of carbonyl (C=O) groups is 2. The number of anilines is 1. The number of likely N-dealkylation sites (tertiary alicyclic amines) is 1. The number of aliphatic carboxylic acids is 1. The van der Waals surface area contributed by atoms with Gasteiger partial charge in [0.2, 0.25) is 5.82 Å². The van der Waals surface area contributed by atoms with Gasteiger partial charge in [0, 0.05) is 37.8 Å². The number of benzene rings is 2. The molecule has 1 fully saturated rings. The van der Waals surface area contributed by atoms with Gasteiger partial charge in [0.05, 0.1) is 5.56 Å². The quantitative estimate of drug-likeness (QED) is 0.449. The van der Waals surface area contributed by atoms with Crippen molar-refractivity contribution in [2.24, 2.45) is 5.92 Å². The number of carbonyl (C=O) groups excluding carboxylic acids is 1. The summed E-state index contributed by atoms with van der Waals surface area (Å²) in [6, 6.07) is 14.6. The Morgan fingerprint density at radius 3 is 2.18 bits per heavy atom. The highest BCUT2D eigenvalue weighted by Gasteiger charge is 2.41. The maximum atomic E-state index is 12.8. The molecule has 3 aromatic rings. The molecule has 2 N–H and O–H groups in total. The van der Waals surface area contributed by atoms with Crippen LogP contribution in [0.15, 0.2) is 54.6 Å². The molecule has 3 heterocycles. The summed E-state index contributed by atoms with van der Waals surface area (Å²) in [7, 11) is 0. The molecule has 2 aromatic carbocycles. The van der Waals surface area contributed by atoms with Crippen LogP contribution in [0.25, 0.3) is 0 Å². The summed E-state index contributed by atoms with van der Waals surface area (Å²) in [5.41, 5.74) is 0.916. The lowest BCUT2D eigenvalue weighted by Gasteiger charge is -2.25. The van der Waals surface area contributed by atoms with E-state index in [2.05, 4.69) is 20.4 Å². The smallest absolute Gasteiger partial charge is 0.475 e. The molecule has 0 radical (unpaired) electrons. The van der Waals surface area contributed by atoms with Crippen molar-refractivity contribution in [1.29, 1.82) is 0 Å². The van der Waals surface area contributed by atoms with Crippen molar-refractivity contribution in [3.8, 4) is 0 Å². The summed E-state index contributed by atoms with van der Waals surface area (Å²) in [4.78, 5) is 23.9. The Morgan fingerprint density at radius 1 is 0.949 bits per heavy atom. The Morgan fingerprint density at radius 2 is 1.59 bits per heavy atom. The van der Waals surface area contributed by atoms with Crippen molar-refractivity contribution in [3.05, 3.63) is 77.4 Å². The minimum Gasteiger partial charge on any atom is -0.475 e. The van der Waals surface area contributed by atoms with E-state index in [1.807, 2.05) is 34.9 Å². The lowest BCUT2D eigenvalue weighted by atomic mass is 9.89. The third-order valence-electron chi connectivity index (χ3n) is 6.52. The van der Waals surface area contributed by atoms with E-state index >= 15 is 0 Å². The van der Waals surface area contributed by atoms with Crippen LogP contribution in [0.2, 0.25) is 0 Å². The second-order valence-corrected chi connectivity index (χ2v) is 9.20. The standard InChI is InChI=1S/C23H22F3N5O.C2HF3O2/c24-23(25,26)17-8-6-15(7-9-17)12-30-13-16-10-11-31-20(19(16)14-30)28-29-21(31)22(32)27-18-4-2-1-3-5-18;3-2(4,5)1(6)7/h1-9,16,19H,10-14H2,(H,27,32);(H,6,7). The number of rotatable bonds is 4. The average molecular weight is 555 g/mol. The van der Waals surface area contributed by atoms with E-state index in [1.54, 1.807) is 12.1 Å². The van der Waals surface area contributed by atoms with Crippen LogP contribution in [0.3, 0.4) is 0 Å². The zero-order valence-electron chi connectivity index (χ0n) is 20.2. The molecule has 0 saturated carbocycles. The molecular formula is C25H23F6N5O3. The molecule has 1 saturated heterocycles. The van der Waals surface area contributed by atoms with E-state index in [0.717, 1.165) is 43.0 Å². The molecule has 0 aliphatic carbocycles. The number of alkyl halides is 6. The maximum Gasteiger partial charge on any atom is 0.490 e. The fourth-order valence-electron chi connectivity index (χ4n) is 4.71. The predicted octanol–water partition coefficient (Wildman–Crippen LogP) is 4.80. The summed E-state index contributed by atoms with van der Waals surface area (Å²) >= 11 is 0. The van der Waals surface area contributed by atoms with E-state index in [9.17, 15) is 31.1 Å². The number of hydrogen-bond donors (Lipinski definition) is 2. The average Bonchev–Trinajstić information content (AvgIpc) is 3.48. The first kappa shape index (κ1) is 28.1. The van der Waals surface area contributed by atoms with E-state index < -0.39 is 23.9 Å². The molecule has 2 aliphatic rings. The first-order valence-corrected chi connectivity index (χ1v) is 11.8. The number of halogens is 6. The Balaban J connectivity index is 0.000000448. The highest BCUT2D eigenvalue weighted by atomic mass is 19.4. The van der Waals surface area contributed by atoms with Crippen LogP contribution in [-0.4, -0.2) is 55.9 Å². The third-order valence-corrected chi connectivity index (χ3v) is 6.52. The summed E-state index contributed by atoms with van der Waals surface area (Å²) < 4.78 is 72.0. The molecule has 0 bridgehead atoms. The van der Waals surface area contributed by atoms with Crippen molar-refractivity contribution in [1.82, 2.24) is 19.7 Å². The van der Waals surface area contributed by atoms with Gasteiger partial charge in [-0.25, -0.2) is 4.79 Å². The van der Waals surface area contributed by atoms with Crippen LogP contribution in [0.4, 0.5) is 32.0 Å². The van der Waals surface area contributed by atoms with Crippen LogP contribution in [-0.2, 0) is 24.1 Å². The zero-order chi connectivity index (χ0) is 28.4. The summed E-state index contributed by atoms with van der Waals surface area (Å²) in [6.45, 7) is 2.85. The summed E-state index contributed by atoms with van der Waals surface area (Å²) in [5, 5.41) is 18.5. The molecule has 5 rings (SSSR count). The fourth-order valence-corrected chi connectivity index (χ4v) is 4.71. The first-order chi connectivity index (χ1) is 18.3. The van der Waals surface area contributed by atoms with Crippen molar-refractivity contribution in [3.63, 3.8) is 0 Å². The Bertz CT molecular complexity index is 1310. The monoisotopic (exact) mass is 555 g/mol. The fraction of sp³-hybridized carbons (Fsp3) is 0.360. The zero-order valence-corrected chi connectivity index (χ0v) is 20.2. The molecule has 1 aromatic heterocycles. The highest BCUT2D eigenvalue weighted by molar-refractivity contribution is 6.01. The van der Waals surface area contributed by atoms with E-state index in [0.29, 0.717) is 30.5 Å². The van der Waals surface area contributed by atoms with Gasteiger partial charge in [-0.05, 0) is 42.2 Å². The number of nitrogens with zero attached hydrogens (tertiary/aromatic N) is 4. The molecule has 14 heteroatoms. The molecule has 39 heavy (non-hydrogen) atoms. The van der Waals surface area contributed by atoms with Gasteiger partial charge in [0.25, 0.3) is 5.91 Å². The van der Waals surface area contributed by atoms with E-state index in [-0.39, 0.29) is 11.8 Å². The number of nitrogens with one attached hydrogen (secondary N) is 1. The molecule has 2 atom stereocenters. The maximum absolute atomic E-state index is 12.8. The van der Waals surface area contributed by atoms with Gasteiger partial charge in [-0.15, -0.1) is 10.2 Å². The molecular weight excluding hydrogens is 532 g/mol. The number of carboxylic acids is 1. The number of aromatic nitrogens is 3. The van der Waals surface area contributed by atoms with Crippen molar-refractivity contribution in [2.75, 3.05) is 18.4 Å². The second-order valence-electron chi connectivity index (χ2n) is 9.20. The van der Waals surface area contributed by atoms with Gasteiger partial charge < -0.3 is 15.0 Å². The van der Waals surface area contributed by atoms with Crippen LogP contribution in [0.5, 0.6) is 0 Å². The van der Waals surface area contributed by atoms with Gasteiger partial charge in [0.15, 0.2) is 0 Å². The molecule has 208 valence electrons. The molecule has 2 unspecified atom stereocenters. The topological polar surface area (TPSA) is 100 Å². The Hall–Kier alpha value is -3.94. The second kappa shape index (κ2) is 11.0. The van der Waals surface area contributed by atoms with E-state index in [1.165, 1.54) is 0 Å². The van der Waals surface area contributed by atoms with Crippen molar-refractivity contribution < 1.29 is 41.0 Å². The van der Waals surface area contributed by atoms with Crippen molar-refractivity contribution in [2.45, 2.75) is 37.8 Å². The highest BCUT2D eigenvalue weighted by Crippen LogP contribution is 2.39. The van der Waals surface area contributed by atoms with Gasteiger partial charge in [0.1, 0.15) is 5.82 Å². The minimum absolute atomic E-state index is 0.156. The number of para-hydroxylation sites is 1. The molecule has 1 amide bonds. The normalized spacial score (nSPS) is 18.9. The van der Waals surface area contributed by atoms with E-state index in [4.69, 9.17) is 9.90 Å².